The van der Waals surface area contributed by atoms with Gasteiger partial charge in [0.1, 0.15) is 0 Å². The largest absolute Gasteiger partial charge is 0.392 e. The first-order chi connectivity index (χ1) is 7.13. The number of rotatable bonds is 6. The van der Waals surface area contributed by atoms with Crippen LogP contribution in [0.4, 0.5) is 0 Å². The molecule has 0 saturated heterocycles. The van der Waals surface area contributed by atoms with Crippen LogP contribution < -0.4 is 5.73 Å². The van der Waals surface area contributed by atoms with Gasteiger partial charge >= 0.3 is 0 Å². The van der Waals surface area contributed by atoms with Gasteiger partial charge in [-0.25, -0.2) is 0 Å². The summed E-state index contributed by atoms with van der Waals surface area (Å²) in [6, 6.07) is 2.04. The fourth-order valence-electron chi connectivity index (χ4n) is 1.49. The van der Waals surface area contributed by atoms with Crippen molar-refractivity contribution in [2.24, 2.45) is 12.8 Å². The molecule has 0 radical (unpaired) electrons. The molecule has 0 aliphatic heterocycles. The molecule has 0 atom stereocenters. The molecule has 4 nitrogen and oxygen atoms in total. The van der Waals surface area contributed by atoms with E-state index in [2.05, 4.69) is 16.9 Å². The molecule has 0 amide bonds. The number of nitrogens with zero attached hydrogens (tertiary/aromatic N) is 3. The van der Waals surface area contributed by atoms with Crippen LogP contribution in [0.2, 0.25) is 0 Å². The zero-order chi connectivity index (χ0) is 11.3. The summed E-state index contributed by atoms with van der Waals surface area (Å²) in [5.41, 5.74) is 6.75. The molecule has 1 aromatic rings. The maximum absolute atomic E-state index is 5.52. The monoisotopic (exact) mass is 226 g/mol. The van der Waals surface area contributed by atoms with E-state index < -0.39 is 0 Å². The average Bonchev–Trinajstić information content (AvgIpc) is 2.58. The Morgan fingerprint density at radius 1 is 1.67 bits per heavy atom. The van der Waals surface area contributed by atoms with Crippen LogP contribution in [0.5, 0.6) is 0 Å². The fraction of sp³-hybridized carbons (Fsp3) is 0.600. The van der Waals surface area contributed by atoms with Gasteiger partial charge in [0.2, 0.25) is 0 Å². The molecule has 1 heterocycles. The van der Waals surface area contributed by atoms with Crippen molar-refractivity contribution in [2.45, 2.75) is 13.3 Å². The first-order valence-electron chi connectivity index (χ1n) is 5.11. The van der Waals surface area contributed by atoms with E-state index >= 15 is 0 Å². The molecular formula is C10H18N4S. The third kappa shape index (κ3) is 3.97. The molecule has 84 valence electrons. The highest BCUT2D eigenvalue weighted by molar-refractivity contribution is 7.80. The number of thiocarbonyl (C=S) groups is 1. The van der Waals surface area contributed by atoms with E-state index in [0.29, 0.717) is 11.5 Å². The topological polar surface area (TPSA) is 47.1 Å². The van der Waals surface area contributed by atoms with Crippen LogP contribution >= 0.6 is 12.2 Å². The van der Waals surface area contributed by atoms with Crippen molar-refractivity contribution >= 4 is 17.2 Å². The highest BCUT2D eigenvalue weighted by Crippen LogP contribution is 1.99. The summed E-state index contributed by atoms with van der Waals surface area (Å²) < 4.78 is 1.90. The third-order valence-electron chi connectivity index (χ3n) is 2.43. The van der Waals surface area contributed by atoms with Crippen molar-refractivity contribution < 1.29 is 0 Å². The predicted molar refractivity (Wildman–Crippen MR) is 65.8 cm³/mol. The van der Waals surface area contributed by atoms with Gasteiger partial charge in [0, 0.05) is 38.4 Å². The van der Waals surface area contributed by atoms with Crippen molar-refractivity contribution in [1.82, 2.24) is 14.7 Å². The van der Waals surface area contributed by atoms with Crippen LogP contribution in [-0.2, 0) is 13.5 Å². The van der Waals surface area contributed by atoms with E-state index in [0.717, 1.165) is 19.5 Å². The van der Waals surface area contributed by atoms with Crippen molar-refractivity contribution in [3.63, 3.8) is 0 Å². The first-order valence-corrected chi connectivity index (χ1v) is 5.51. The van der Waals surface area contributed by atoms with E-state index in [1.807, 2.05) is 24.0 Å². The van der Waals surface area contributed by atoms with Gasteiger partial charge in [-0.3, -0.25) is 9.58 Å². The molecule has 0 aliphatic carbocycles. The molecule has 0 spiro atoms. The summed E-state index contributed by atoms with van der Waals surface area (Å²) in [4.78, 5) is 2.79. The molecular weight excluding hydrogens is 208 g/mol. The standard InChI is InChI=1S/C10H18N4S/c1-3-14(8-10(11)15)7-5-9-4-6-12-13(9)2/h4,6H,3,5,7-8H2,1-2H3,(H2,11,15). The summed E-state index contributed by atoms with van der Waals surface area (Å²) in [5.74, 6) is 0. The highest BCUT2D eigenvalue weighted by Gasteiger charge is 2.05. The molecule has 0 saturated carbocycles. The zero-order valence-corrected chi connectivity index (χ0v) is 10.1. The van der Waals surface area contributed by atoms with Gasteiger partial charge in [0.05, 0.1) is 4.99 Å². The van der Waals surface area contributed by atoms with E-state index in [1.165, 1.54) is 5.69 Å². The second-order valence-electron chi connectivity index (χ2n) is 3.53. The van der Waals surface area contributed by atoms with Crippen LogP contribution in [0.15, 0.2) is 12.3 Å². The first kappa shape index (κ1) is 12.1. The Balaban J connectivity index is 2.41. The van der Waals surface area contributed by atoms with Crippen molar-refractivity contribution in [1.29, 1.82) is 0 Å². The summed E-state index contributed by atoms with van der Waals surface area (Å²) in [6.07, 6.45) is 2.80. The average molecular weight is 226 g/mol. The molecule has 0 fully saturated rings. The molecule has 5 heteroatoms. The predicted octanol–water partition coefficient (Wildman–Crippen LogP) is 0.571. The lowest BCUT2D eigenvalue weighted by Gasteiger charge is -2.19. The van der Waals surface area contributed by atoms with Gasteiger partial charge in [-0.05, 0) is 12.6 Å². The Hall–Kier alpha value is -0.940. The maximum Gasteiger partial charge on any atom is 0.0870 e. The summed E-state index contributed by atoms with van der Waals surface area (Å²) in [6.45, 7) is 4.74. The smallest absolute Gasteiger partial charge is 0.0870 e. The Morgan fingerprint density at radius 2 is 2.40 bits per heavy atom. The van der Waals surface area contributed by atoms with Gasteiger partial charge in [0.15, 0.2) is 0 Å². The third-order valence-corrected chi connectivity index (χ3v) is 2.56. The highest BCUT2D eigenvalue weighted by atomic mass is 32.1. The lowest BCUT2D eigenvalue weighted by molar-refractivity contribution is 0.330. The fourth-order valence-corrected chi connectivity index (χ4v) is 1.67. The van der Waals surface area contributed by atoms with Crippen LogP contribution in [0.3, 0.4) is 0 Å². The number of hydrogen-bond donors (Lipinski definition) is 1. The lowest BCUT2D eigenvalue weighted by Crippen LogP contribution is -2.34. The number of aryl methyl sites for hydroxylation is 1. The Kier molecular flexibility index (Phi) is 4.71. The summed E-state index contributed by atoms with van der Waals surface area (Å²) in [5, 5.41) is 4.13. The molecule has 2 N–H and O–H groups in total. The van der Waals surface area contributed by atoms with Gasteiger partial charge in [-0.1, -0.05) is 19.1 Å². The molecule has 0 bridgehead atoms. The van der Waals surface area contributed by atoms with Gasteiger partial charge in [-0.2, -0.15) is 5.10 Å². The number of likely N-dealkylation sites (N-methyl/N-ethyl adjacent to an activating group) is 1. The lowest BCUT2D eigenvalue weighted by atomic mass is 10.3. The van der Waals surface area contributed by atoms with Crippen LogP contribution in [0.25, 0.3) is 0 Å². The van der Waals surface area contributed by atoms with E-state index in [1.54, 1.807) is 0 Å². The Bertz CT molecular complexity index is 321. The quantitative estimate of drug-likeness (QED) is 0.721. The SMILES string of the molecule is CCN(CCc1ccnn1C)CC(N)=S. The van der Waals surface area contributed by atoms with Crippen molar-refractivity contribution in [3.8, 4) is 0 Å². The zero-order valence-electron chi connectivity index (χ0n) is 9.31. The van der Waals surface area contributed by atoms with E-state index in [-0.39, 0.29) is 0 Å². The van der Waals surface area contributed by atoms with Crippen LogP contribution in [-0.4, -0.2) is 39.3 Å². The number of nitrogens with two attached hydrogens (primary N) is 1. The van der Waals surface area contributed by atoms with Gasteiger partial charge in [-0.15, -0.1) is 0 Å². The second-order valence-corrected chi connectivity index (χ2v) is 4.06. The van der Waals surface area contributed by atoms with Gasteiger partial charge in [0.25, 0.3) is 0 Å². The summed E-state index contributed by atoms with van der Waals surface area (Å²) >= 11 is 4.90. The molecule has 0 aliphatic rings. The van der Waals surface area contributed by atoms with Crippen LogP contribution in [0, 0.1) is 0 Å². The minimum absolute atomic E-state index is 0.557. The minimum Gasteiger partial charge on any atom is -0.392 e. The van der Waals surface area contributed by atoms with Crippen LogP contribution in [0.1, 0.15) is 12.6 Å². The van der Waals surface area contributed by atoms with E-state index in [9.17, 15) is 0 Å². The number of aromatic nitrogens is 2. The van der Waals surface area contributed by atoms with Gasteiger partial charge < -0.3 is 5.73 Å². The number of hydrogen-bond acceptors (Lipinski definition) is 3. The summed E-state index contributed by atoms with van der Waals surface area (Å²) in [7, 11) is 1.96. The Morgan fingerprint density at radius 3 is 2.87 bits per heavy atom. The Labute approximate surface area is 96.1 Å². The maximum atomic E-state index is 5.52. The minimum atomic E-state index is 0.557. The molecule has 1 aromatic heterocycles. The molecule has 0 unspecified atom stereocenters. The van der Waals surface area contributed by atoms with E-state index in [4.69, 9.17) is 18.0 Å². The van der Waals surface area contributed by atoms with Crippen molar-refractivity contribution in [2.75, 3.05) is 19.6 Å². The van der Waals surface area contributed by atoms with Crippen molar-refractivity contribution in [3.05, 3.63) is 18.0 Å². The normalized spacial score (nSPS) is 10.9. The molecule has 15 heavy (non-hydrogen) atoms. The molecule has 1 rings (SSSR count). The molecule has 0 aromatic carbocycles. The second kappa shape index (κ2) is 5.82.